The van der Waals surface area contributed by atoms with Gasteiger partial charge in [0.05, 0.1) is 10.0 Å². The zero-order valence-corrected chi connectivity index (χ0v) is 20.8. The minimum absolute atomic E-state index is 0.182. The van der Waals surface area contributed by atoms with Crippen molar-refractivity contribution in [3.05, 3.63) is 99.5 Å². The van der Waals surface area contributed by atoms with E-state index in [0.717, 1.165) is 16.7 Å². The Kier molecular flexibility index (Phi) is 9.37. The lowest BCUT2D eigenvalue weighted by Crippen LogP contribution is -2.51. The number of hydrogen-bond acceptors (Lipinski definition) is 3. The van der Waals surface area contributed by atoms with Crippen LogP contribution >= 0.6 is 23.2 Å². The third-order valence-electron chi connectivity index (χ3n) is 5.40. The fourth-order valence-electron chi connectivity index (χ4n) is 3.62. The van der Waals surface area contributed by atoms with E-state index in [-0.39, 0.29) is 25.0 Å². The van der Waals surface area contributed by atoms with E-state index in [4.69, 9.17) is 27.9 Å². The van der Waals surface area contributed by atoms with Crippen molar-refractivity contribution in [1.29, 1.82) is 0 Å². The van der Waals surface area contributed by atoms with E-state index < -0.39 is 6.04 Å². The zero-order chi connectivity index (χ0) is 24.5. The molecule has 0 heterocycles. The number of nitrogens with zero attached hydrogens (tertiary/aromatic N) is 1. The standard InChI is InChI=1S/C27H28Cl2N2O3/c1-3-30-27(33)24(16-20-10-5-4-6-11-20)31(17-21-13-14-22(28)23(29)15-21)26(32)18-34-25-12-8-7-9-19(25)2/h4-15,24H,3,16-18H2,1-2H3,(H,30,33)/t24-/m1/s1. The van der Waals surface area contributed by atoms with Crippen molar-refractivity contribution >= 4 is 35.0 Å². The summed E-state index contributed by atoms with van der Waals surface area (Å²) in [5.41, 5.74) is 2.64. The molecule has 0 aromatic heterocycles. The van der Waals surface area contributed by atoms with Gasteiger partial charge in [-0.2, -0.15) is 0 Å². The van der Waals surface area contributed by atoms with Crippen molar-refractivity contribution in [1.82, 2.24) is 10.2 Å². The Morgan fingerprint density at radius 1 is 0.941 bits per heavy atom. The maximum absolute atomic E-state index is 13.5. The molecular weight excluding hydrogens is 471 g/mol. The molecule has 0 saturated carbocycles. The Balaban J connectivity index is 1.92. The smallest absolute Gasteiger partial charge is 0.261 e. The number of para-hydroxylation sites is 1. The lowest BCUT2D eigenvalue weighted by atomic mass is 10.0. The van der Waals surface area contributed by atoms with Crippen LogP contribution in [0.15, 0.2) is 72.8 Å². The Hall–Kier alpha value is -3.02. The van der Waals surface area contributed by atoms with Crippen LogP contribution in [0.4, 0.5) is 0 Å². The highest BCUT2D eigenvalue weighted by molar-refractivity contribution is 6.42. The summed E-state index contributed by atoms with van der Waals surface area (Å²) in [4.78, 5) is 28.2. The largest absolute Gasteiger partial charge is 0.484 e. The number of benzene rings is 3. The lowest BCUT2D eigenvalue weighted by Gasteiger charge is -2.31. The number of ether oxygens (including phenoxy) is 1. The Morgan fingerprint density at radius 2 is 1.65 bits per heavy atom. The van der Waals surface area contributed by atoms with Crippen molar-refractivity contribution in [2.75, 3.05) is 13.2 Å². The minimum atomic E-state index is -0.732. The van der Waals surface area contributed by atoms with Crippen LogP contribution in [-0.4, -0.2) is 35.9 Å². The molecule has 0 aliphatic rings. The van der Waals surface area contributed by atoms with Crippen LogP contribution in [0.5, 0.6) is 5.75 Å². The Morgan fingerprint density at radius 3 is 2.32 bits per heavy atom. The fraction of sp³-hybridized carbons (Fsp3) is 0.259. The number of carbonyl (C=O) groups excluding carboxylic acids is 2. The number of aryl methyl sites for hydroxylation is 1. The van der Waals surface area contributed by atoms with Gasteiger partial charge in [-0.15, -0.1) is 0 Å². The SMILES string of the molecule is CCNC(=O)[C@@H](Cc1ccccc1)N(Cc1ccc(Cl)c(Cl)c1)C(=O)COc1ccccc1C. The molecular formula is C27H28Cl2N2O3. The van der Waals surface area contributed by atoms with E-state index in [1.54, 1.807) is 23.1 Å². The first-order valence-electron chi connectivity index (χ1n) is 11.1. The zero-order valence-electron chi connectivity index (χ0n) is 19.3. The van der Waals surface area contributed by atoms with E-state index in [9.17, 15) is 9.59 Å². The first-order valence-corrected chi connectivity index (χ1v) is 11.9. The first kappa shape index (κ1) is 25.6. The van der Waals surface area contributed by atoms with Gasteiger partial charge in [-0.3, -0.25) is 9.59 Å². The van der Waals surface area contributed by atoms with Crippen LogP contribution in [0.2, 0.25) is 10.0 Å². The summed E-state index contributed by atoms with van der Waals surface area (Å²) < 4.78 is 5.83. The van der Waals surface area contributed by atoms with Crippen LogP contribution in [0.3, 0.4) is 0 Å². The Labute approximate surface area is 210 Å². The molecule has 178 valence electrons. The van der Waals surface area contributed by atoms with Crippen molar-refractivity contribution in [3.8, 4) is 5.75 Å². The third-order valence-corrected chi connectivity index (χ3v) is 6.14. The summed E-state index contributed by atoms with van der Waals surface area (Å²) in [7, 11) is 0. The molecule has 0 spiro atoms. The van der Waals surface area contributed by atoms with Gasteiger partial charge in [-0.1, -0.05) is 77.8 Å². The lowest BCUT2D eigenvalue weighted by molar-refractivity contribution is -0.142. The quantitative estimate of drug-likeness (QED) is 0.403. The molecule has 0 fully saturated rings. The van der Waals surface area contributed by atoms with Gasteiger partial charge in [0.1, 0.15) is 11.8 Å². The van der Waals surface area contributed by atoms with Crippen molar-refractivity contribution in [3.63, 3.8) is 0 Å². The van der Waals surface area contributed by atoms with Gasteiger partial charge >= 0.3 is 0 Å². The molecule has 3 aromatic rings. The fourth-order valence-corrected chi connectivity index (χ4v) is 3.94. The van der Waals surface area contributed by atoms with Crippen LogP contribution in [0.25, 0.3) is 0 Å². The van der Waals surface area contributed by atoms with Gasteiger partial charge in [-0.25, -0.2) is 0 Å². The monoisotopic (exact) mass is 498 g/mol. The number of carbonyl (C=O) groups is 2. The maximum Gasteiger partial charge on any atom is 0.261 e. The van der Waals surface area contributed by atoms with E-state index in [1.165, 1.54) is 0 Å². The predicted octanol–water partition coefficient (Wildman–Crippen LogP) is 5.46. The molecule has 3 aromatic carbocycles. The average molecular weight is 499 g/mol. The highest BCUT2D eigenvalue weighted by Gasteiger charge is 2.30. The summed E-state index contributed by atoms with van der Waals surface area (Å²) in [5.74, 6) is 0.0973. The third kappa shape index (κ3) is 6.99. The molecule has 3 rings (SSSR count). The number of halogens is 2. The highest BCUT2D eigenvalue weighted by atomic mass is 35.5. The predicted molar refractivity (Wildman–Crippen MR) is 136 cm³/mol. The van der Waals surface area contributed by atoms with Crippen LogP contribution in [0, 0.1) is 6.92 Å². The van der Waals surface area contributed by atoms with Gasteiger partial charge in [0.2, 0.25) is 5.91 Å². The van der Waals surface area contributed by atoms with E-state index >= 15 is 0 Å². The summed E-state index contributed by atoms with van der Waals surface area (Å²) in [6, 6.07) is 21.6. The average Bonchev–Trinajstić information content (AvgIpc) is 2.83. The molecule has 1 atom stereocenters. The number of hydrogen-bond donors (Lipinski definition) is 1. The minimum Gasteiger partial charge on any atom is -0.484 e. The number of likely N-dealkylation sites (N-methyl/N-ethyl adjacent to an activating group) is 1. The molecule has 7 heteroatoms. The molecule has 2 amide bonds. The second-order valence-electron chi connectivity index (χ2n) is 7.92. The molecule has 0 saturated heterocycles. The summed E-state index contributed by atoms with van der Waals surface area (Å²) in [6.45, 7) is 4.21. The number of amides is 2. The molecule has 0 radical (unpaired) electrons. The van der Waals surface area contributed by atoms with Gasteiger partial charge in [-0.05, 0) is 48.7 Å². The highest BCUT2D eigenvalue weighted by Crippen LogP contribution is 2.24. The van der Waals surface area contributed by atoms with Crippen LogP contribution < -0.4 is 10.1 Å². The molecule has 0 aliphatic heterocycles. The first-order chi connectivity index (χ1) is 16.4. The van der Waals surface area contributed by atoms with Crippen molar-refractivity contribution < 1.29 is 14.3 Å². The van der Waals surface area contributed by atoms with Crippen molar-refractivity contribution in [2.24, 2.45) is 0 Å². The van der Waals surface area contributed by atoms with E-state index in [2.05, 4.69) is 5.32 Å². The maximum atomic E-state index is 13.5. The molecule has 34 heavy (non-hydrogen) atoms. The summed E-state index contributed by atoms with van der Waals surface area (Å²) in [5, 5.41) is 3.69. The van der Waals surface area contributed by atoms with Crippen molar-refractivity contribution in [2.45, 2.75) is 32.9 Å². The Bertz CT molecular complexity index is 1120. The van der Waals surface area contributed by atoms with Crippen LogP contribution in [-0.2, 0) is 22.6 Å². The second-order valence-corrected chi connectivity index (χ2v) is 8.74. The van der Waals surface area contributed by atoms with Crippen LogP contribution in [0.1, 0.15) is 23.6 Å². The normalized spacial score (nSPS) is 11.5. The summed E-state index contributed by atoms with van der Waals surface area (Å²) >= 11 is 12.3. The molecule has 0 bridgehead atoms. The number of nitrogens with one attached hydrogen (secondary N) is 1. The summed E-state index contributed by atoms with van der Waals surface area (Å²) in [6.07, 6.45) is 0.365. The molecule has 0 unspecified atom stereocenters. The number of rotatable bonds is 10. The second kappa shape index (κ2) is 12.4. The molecule has 0 aliphatic carbocycles. The van der Waals surface area contributed by atoms with Gasteiger partial charge in [0, 0.05) is 19.5 Å². The van der Waals surface area contributed by atoms with Gasteiger partial charge in [0.25, 0.3) is 5.91 Å². The van der Waals surface area contributed by atoms with Gasteiger partial charge < -0.3 is 15.0 Å². The molecule has 1 N–H and O–H groups in total. The topological polar surface area (TPSA) is 58.6 Å². The van der Waals surface area contributed by atoms with Gasteiger partial charge in [0.15, 0.2) is 6.61 Å². The van der Waals surface area contributed by atoms with E-state index in [1.807, 2.05) is 68.4 Å². The van der Waals surface area contributed by atoms with E-state index in [0.29, 0.717) is 28.8 Å². The molecule has 5 nitrogen and oxygen atoms in total.